The fourth-order valence-electron chi connectivity index (χ4n) is 1.13. The SMILES string of the molecule is [CH2]C(=O)NC(CC)C(C)(C)C. The summed E-state index contributed by atoms with van der Waals surface area (Å²) < 4.78 is 0. The first kappa shape index (κ1) is 10.5. The third kappa shape index (κ3) is 4.02. The molecule has 0 aliphatic heterocycles. The number of rotatable bonds is 2. The number of hydrogen-bond donors (Lipinski definition) is 1. The molecule has 2 nitrogen and oxygen atoms in total. The lowest BCUT2D eigenvalue weighted by molar-refractivity contribution is -0.118. The number of amides is 1. The molecular formula is C9H18NO. The summed E-state index contributed by atoms with van der Waals surface area (Å²) in [6.45, 7) is 11.7. The number of nitrogens with one attached hydrogen (secondary N) is 1. The molecule has 0 aromatic rings. The van der Waals surface area contributed by atoms with Crippen LogP contribution in [0.5, 0.6) is 0 Å². The van der Waals surface area contributed by atoms with Crippen molar-refractivity contribution >= 4 is 5.91 Å². The van der Waals surface area contributed by atoms with Crippen molar-refractivity contribution in [2.24, 2.45) is 5.41 Å². The first-order valence-electron chi connectivity index (χ1n) is 4.00. The van der Waals surface area contributed by atoms with Gasteiger partial charge in [-0.05, 0) is 11.8 Å². The molecular weight excluding hydrogens is 138 g/mol. The van der Waals surface area contributed by atoms with E-state index in [1.54, 1.807) is 0 Å². The standard InChI is InChI=1S/C9H18NO/c1-6-8(9(3,4)5)10-7(2)11/h8H,2,6H2,1,3-5H3,(H,10,11). The van der Waals surface area contributed by atoms with E-state index in [-0.39, 0.29) is 17.4 Å². The minimum Gasteiger partial charge on any atom is -0.353 e. The smallest absolute Gasteiger partial charge is 0.220 e. The molecule has 1 atom stereocenters. The van der Waals surface area contributed by atoms with Crippen LogP contribution in [0.15, 0.2) is 0 Å². The Morgan fingerprint density at radius 1 is 1.55 bits per heavy atom. The lowest BCUT2D eigenvalue weighted by Gasteiger charge is -2.30. The summed E-state index contributed by atoms with van der Waals surface area (Å²) >= 11 is 0. The van der Waals surface area contributed by atoms with Gasteiger partial charge >= 0.3 is 0 Å². The van der Waals surface area contributed by atoms with Gasteiger partial charge in [0.15, 0.2) is 0 Å². The van der Waals surface area contributed by atoms with Crippen molar-refractivity contribution in [2.45, 2.75) is 40.2 Å². The Morgan fingerprint density at radius 3 is 2.09 bits per heavy atom. The van der Waals surface area contributed by atoms with Crippen molar-refractivity contribution in [1.29, 1.82) is 0 Å². The normalized spacial score (nSPS) is 14.3. The van der Waals surface area contributed by atoms with E-state index in [0.717, 1.165) is 6.42 Å². The van der Waals surface area contributed by atoms with Gasteiger partial charge in [-0.15, -0.1) is 0 Å². The van der Waals surface area contributed by atoms with Crippen molar-refractivity contribution < 1.29 is 4.79 Å². The molecule has 0 saturated heterocycles. The summed E-state index contributed by atoms with van der Waals surface area (Å²) in [5, 5.41) is 2.82. The summed E-state index contributed by atoms with van der Waals surface area (Å²) in [7, 11) is 0. The van der Waals surface area contributed by atoms with Crippen LogP contribution in [0.2, 0.25) is 0 Å². The molecule has 0 aromatic carbocycles. The van der Waals surface area contributed by atoms with Gasteiger partial charge in [-0.3, -0.25) is 4.79 Å². The van der Waals surface area contributed by atoms with Crippen molar-refractivity contribution in [1.82, 2.24) is 5.32 Å². The zero-order valence-corrected chi connectivity index (χ0v) is 7.90. The highest BCUT2D eigenvalue weighted by Crippen LogP contribution is 2.21. The predicted molar refractivity (Wildman–Crippen MR) is 47.0 cm³/mol. The molecule has 65 valence electrons. The first-order chi connectivity index (χ1) is 4.88. The molecule has 0 rings (SSSR count). The van der Waals surface area contributed by atoms with Gasteiger partial charge in [0.1, 0.15) is 0 Å². The maximum atomic E-state index is 10.6. The second-order valence-corrected chi connectivity index (χ2v) is 3.89. The van der Waals surface area contributed by atoms with Crippen LogP contribution in [0.25, 0.3) is 0 Å². The third-order valence-corrected chi connectivity index (χ3v) is 1.79. The van der Waals surface area contributed by atoms with Crippen molar-refractivity contribution in [3.05, 3.63) is 6.92 Å². The highest BCUT2D eigenvalue weighted by atomic mass is 16.1. The lowest BCUT2D eigenvalue weighted by Crippen LogP contribution is -2.42. The third-order valence-electron chi connectivity index (χ3n) is 1.79. The van der Waals surface area contributed by atoms with Crippen LogP contribution in [0, 0.1) is 12.3 Å². The summed E-state index contributed by atoms with van der Waals surface area (Å²) in [6, 6.07) is 0.229. The van der Waals surface area contributed by atoms with Crippen LogP contribution < -0.4 is 5.32 Å². The Morgan fingerprint density at radius 2 is 2.00 bits per heavy atom. The van der Waals surface area contributed by atoms with Crippen molar-refractivity contribution in [2.75, 3.05) is 0 Å². The Labute approximate surface area is 69.4 Å². The fourth-order valence-corrected chi connectivity index (χ4v) is 1.13. The topological polar surface area (TPSA) is 29.1 Å². The molecule has 11 heavy (non-hydrogen) atoms. The predicted octanol–water partition coefficient (Wildman–Crippen LogP) is 1.76. The monoisotopic (exact) mass is 156 g/mol. The molecule has 2 heteroatoms. The Balaban J connectivity index is 4.07. The molecule has 0 fully saturated rings. The molecule has 0 spiro atoms. The zero-order valence-electron chi connectivity index (χ0n) is 7.90. The molecule has 1 amide bonds. The molecule has 0 aliphatic rings. The highest BCUT2D eigenvalue weighted by molar-refractivity contribution is 5.80. The molecule has 0 aliphatic carbocycles. The number of carbonyl (C=O) groups is 1. The highest BCUT2D eigenvalue weighted by Gasteiger charge is 2.22. The molecule has 0 aromatic heterocycles. The van der Waals surface area contributed by atoms with Crippen molar-refractivity contribution in [3.8, 4) is 0 Å². The maximum absolute atomic E-state index is 10.6. The largest absolute Gasteiger partial charge is 0.353 e. The Kier molecular flexibility index (Phi) is 3.56. The zero-order chi connectivity index (χ0) is 9.07. The van der Waals surface area contributed by atoms with E-state index in [4.69, 9.17) is 0 Å². The van der Waals surface area contributed by atoms with Crippen LogP contribution in [-0.4, -0.2) is 11.9 Å². The minimum absolute atomic E-state index is 0.127. The van der Waals surface area contributed by atoms with Crippen LogP contribution in [0.1, 0.15) is 34.1 Å². The van der Waals surface area contributed by atoms with E-state index in [1.165, 1.54) is 0 Å². The molecule has 1 radical (unpaired) electrons. The van der Waals surface area contributed by atoms with Crippen LogP contribution in [0.3, 0.4) is 0 Å². The van der Waals surface area contributed by atoms with Crippen molar-refractivity contribution in [3.63, 3.8) is 0 Å². The summed E-state index contributed by atoms with van der Waals surface area (Å²) in [5.41, 5.74) is 0.127. The minimum atomic E-state index is -0.188. The van der Waals surface area contributed by atoms with Crippen LogP contribution in [0.4, 0.5) is 0 Å². The quantitative estimate of drug-likeness (QED) is 0.648. The van der Waals surface area contributed by atoms with Gasteiger partial charge < -0.3 is 5.32 Å². The molecule has 1 N–H and O–H groups in total. The van der Waals surface area contributed by atoms with Gasteiger partial charge in [-0.25, -0.2) is 0 Å². The summed E-state index contributed by atoms with van der Waals surface area (Å²) in [4.78, 5) is 10.6. The maximum Gasteiger partial charge on any atom is 0.220 e. The first-order valence-corrected chi connectivity index (χ1v) is 4.00. The molecule has 0 bridgehead atoms. The van der Waals surface area contributed by atoms with Crippen LogP contribution >= 0.6 is 0 Å². The van der Waals surface area contributed by atoms with Gasteiger partial charge in [-0.1, -0.05) is 27.7 Å². The number of hydrogen-bond acceptors (Lipinski definition) is 1. The average molecular weight is 156 g/mol. The molecule has 0 heterocycles. The van der Waals surface area contributed by atoms with Gasteiger partial charge in [0.2, 0.25) is 5.91 Å². The van der Waals surface area contributed by atoms with E-state index in [0.29, 0.717) is 0 Å². The van der Waals surface area contributed by atoms with E-state index in [1.807, 2.05) is 0 Å². The second kappa shape index (κ2) is 3.74. The Hall–Kier alpha value is -0.530. The lowest BCUT2D eigenvalue weighted by atomic mass is 9.85. The van der Waals surface area contributed by atoms with Gasteiger partial charge in [-0.2, -0.15) is 0 Å². The van der Waals surface area contributed by atoms with Gasteiger partial charge in [0.25, 0.3) is 0 Å². The van der Waals surface area contributed by atoms with Crippen LogP contribution in [-0.2, 0) is 4.79 Å². The van der Waals surface area contributed by atoms with E-state index in [2.05, 4.69) is 39.9 Å². The van der Waals surface area contributed by atoms with Gasteiger partial charge in [0.05, 0.1) is 0 Å². The van der Waals surface area contributed by atoms with E-state index < -0.39 is 0 Å². The molecule has 1 unspecified atom stereocenters. The Bertz CT molecular complexity index is 135. The second-order valence-electron chi connectivity index (χ2n) is 3.89. The molecule has 0 saturated carbocycles. The summed E-state index contributed by atoms with van der Waals surface area (Å²) in [5.74, 6) is -0.188. The fraction of sp³-hybridized carbons (Fsp3) is 0.778. The van der Waals surface area contributed by atoms with E-state index in [9.17, 15) is 4.79 Å². The summed E-state index contributed by atoms with van der Waals surface area (Å²) in [6.07, 6.45) is 0.949. The number of carbonyl (C=O) groups excluding carboxylic acids is 1. The average Bonchev–Trinajstić information content (AvgIpc) is 1.79. The van der Waals surface area contributed by atoms with E-state index >= 15 is 0 Å². The van der Waals surface area contributed by atoms with Gasteiger partial charge in [0, 0.05) is 13.0 Å².